The van der Waals surface area contributed by atoms with Crippen LogP contribution in [0.3, 0.4) is 0 Å². The third-order valence-electron chi connectivity index (χ3n) is 2.12. The molecule has 0 unspecified atom stereocenters. The van der Waals surface area contributed by atoms with Crippen LogP contribution in [0.2, 0.25) is 0 Å². The third kappa shape index (κ3) is 4.11. The van der Waals surface area contributed by atoms with Crippen LogP contribution in [-0.2, 0) is 9.53 Å². The van der Waals surface area contributed by atoms with Gasteiger partial charge in [-0.1, -0.05) is 0 Å². The number of esters is 1. The first-order chi connectivity index (χ1) is 8.04. The van der Waals surface area contributed by atoms with Gasteiger partial charge in [-0.15, -0.1) is 12.6 Å². The molecule has 1 atom stereocenters. The maximum atomic E-state index is 11.7. The van der Waals surface area contributed by atoms with Crippen LogP contribution >= 0.6 is 12.6 Å². The minimum absolute atomic E-state index is 0.299. The van der Waals surface area contributed by atoms with Crippen molar-refractivity contribution >= 4 is 24.5 Å². The van der Waals surface area contributed by atoms with Crippen molar-refractivity contribution in [3.8, 4) is 0 Å². The van der Waals surface area contributed by atoms with Crippen molar-refractivity contribution in [2.24, 2.45) is 0 Å². The van der Waals surface area contributed by atoms with E-state index in [0.717, 1.165) is 4.90 Å². The molecule has 0 saturated heterocycles. The van der Waals surface area contributed by atoms with Crippen LogP contribution in [0.25, 0.3) is 0 Å². The Morgan fingerprint density at radius 1 is 1.35 bits per heavy atom. The summed E-state index contributed by atoms with van der Waals surface area (Å²) in [5.74, 6) is -0.745. The Hall–Kier alpha value is -1.49. The molecule has 0 heterocycles. The van der Waals surface area contributed by atoms with Gasteiger partial charge in [0.05, 0.1) is 6.61 Å². The summed E-state index contributed by atoms with van der Waals surface area (Å²) >= 11 is 4.12. The average Bonchev–Trinajstić information content (AvgIpc) is 2.30. The molecule has 1 aromatic carbocycles. The predicted octanol–water partition coefficient (Wildman–Crippen LogP) is 1.66. The summed E-state index contributed by atoms with van der Waals surface area (Å²) in [5.41, 5.74) is 0.485. The van der Waals surface area contributed by atoms with Crippen LogP contribution in [0.15, 0.2) is 29.2 Å². The highest BCUT2D eigenvalue weighted by atomic mass is 32.1. The Bertz CT molecular complexity index is 403. The van der Waals surface area contributed by atoms with E-state index in [-0.39, 0.29) is 5.91 Å². The van der Waals surface area contributed by atoms with Crippen molar-refractivity contribution in [1.29, 1.82) is 0 Å². The fourth-order valence-corrected chi connectivity index (χ4v) is 1.37. The number of amides is 1. The Morgan fingerprint density at radius 3 is 2.47 bits per heavy atom. The largest absolute Gasteiger partial charge is 0.464 e. The molecule has 0 bridgehead atoms. The molecule has 0 radical (unpaired) electrons. The molecule has 0 fully saturated rings. The monoisotopic (exact) mass is 253 g/mol. The number of hydrogen-bond acceptors (Lipinski definition) is 4. The maximum Gasteiger partial charge on any atom is 0.328 e. The van der Waals surface area contributed by atoms with Gasteiger partial charge in [-0.25, -0.2) is 4.79 Å². The van der Waals surface area contributed by atoms with Crippen molar-refractivity contribution in [2.45, 2.75) is 24.8 Å². The van der Waals surface area contributed by atoms with E-state index >= 15 is 0 Å². The highest BCUT2D eigenvalue weighted by molar-refractivity contribution is 7.80. The van der Waals surface area contributed by atoms with Crippen LogP contribution in [0.4, 0.5) is 0 Å². The van der Waals surface area contributed by atoms with E-state index in [1.807, 2.05) is 0 Å². The third-order valence-corrected chi connectivity index (χ3v) is 2.42. The van der Waals surface area contributed by atoms with Gasteiger partial charge in [0.2, 0.25) is 0 Å². The number of carbonyl (C=O) groups excluding carboxylic acids is 2. The molecule has 1 aromatic rings. The first-order valence-electron chi connectivity index (χ1n) is 5.31. The Balaban J connectivity index is 2.60. The number of benzene rings is 1. The lowest BCUT2D eigenvalue weighted by Gasteiger charge is -2.12. The molecular weight excluding hydrogens is 238 g/mol. The van der Waals surface area contributed by atoms with Gasteiger partial charge in [-0.05, 0) is 38.1 Å². The molecule has 5 heteroatoms. The number of carbonyl (C=O) groups is 2. The average molecular weight is 253 g/mol. The van der Waals surface area contributed by atoms with Crippen LogP contribution in [0.5, 0.6) is 0 Å². The van der Waals surface area contributed by atoms with Crippen molar-refractivity contribution in [3.05, 3.63) is 29.8 Å². The summed E-state index contributed by atoms with van der Waals surface area (Å²) in [7, 11) is 0. The molecule has 4 nitrogen and oxygen atoms in total. The summed E-state index contributed by atoms with van der Waals surface area (Å²) in [6.07, 6.45) is 0. The first kappa shape index (κ1) is 13.6. The smallest absolute Gasteiger partial charge is 0.328 e. The Labute approximate surface area is 106 Å². The van der Waals surface area contributed by atoms with Gasteiger partial charge < -0.3 is 10.1 Å². The fraction of sp³-hybridized carbons (Fsp3) is 0.333. The van der Waals surface area contributed by atoms with E-state index in [1.54, 1.807) is 38.1 Å². The maximum absolute atomic E-state index is 11.7. The normalized spacial score (nSPS) is 11.7. The number of ether oxygens (including phenoxy) is 1. The van der Waals surface area contributed by atoms with Gasteiger partial charge in [0, 0.05) is 10.5 Å². The van der Waals surface area contributed by atoms with Crippen LogP contribution in [-0.4, -0.2) is 24.5 Å². The van der Waals surface area contributed by atoms with Gasteiger partial charge in [0.25, 0.3) is 5.91 Å². The van der Waals surface area contributed by atoms with Crippen molar-refractivity contribution in [2.75, 3.05) is 6.61 Å². The number of thiol groups is 1. The standard InChI is InChI=1S/C12H15NO3S/c1-3-16-12(15)8(2)13-11(14)9-4-6-10(17)7-5-9/h4-8,17H,3H2,1-2H3,(H,13,14)/t8-/m0/s1. The zero-order chi connectivity index (χ0) is 12.8. The summed E-state index contributed by atoms with van der Waals surface area (Å²) in [4.78, 5) is 23.8. The molecule has 0 aliphatic rings. The van der Waals surface area contributed by atoms with E-state index in [2.05, 4.69) is 17.9 Å². The summed E-state index contributed by atoms with van der Waals surface area (Å²) in [6.45, 7) is 3.61. The molecular formula is C12H15NO3S. The van der Waals surface area contributed by atoms with E-state index in [4.69, 9.17) is 4.74 Å². The van der Waals surface area contributed by atoms with Gasteiger partial charge in [0.15, 0.2) is 0 Å². The molecule has 17 heavy (non-hydrogen) atoms. The lowest BCUT2D eigenvalue weighted by Crippen LogP contribution is -2.39. The Kier molecular flexibility index (Phi) is 5.03. The summed E-state index contributed by atoms with van der Waals surface area (Å²) in [6, 6.07) is 6.07. The second-order valence-corrected chi connectivity index (χ2v) is 4.01. The Morgan fingerprint density at radius 2 is 1.94 bits per heavy atom. The molecule has 1 amide bonds. The predicted molar refractivity (Wildman–Crippen MR) is 67.3 cm³/mol. The molecule has 92 valence electrons. The van der Waals surface area contributed by atoms with Crippen LogP contribution in [0.1, 0.15) is 24.2 Å². The highest BCUT2D eigenvalue weighted by Crippen LogP contribution is 2.07. The zero-order valence-corrected chi connectivity index (χ0v) is 10.7. The number of hydrogen-bond donors (Lipinski definition) is 2. The SMILES string of the molecule is CCOC(=O)[C@H](C)NC(=O)c1ccc(S)cc1. The molecule has 0 saturated carbocycles. The number of nitrogens with one attached hydrogen (secondary N) is 1. The van der Waals surface area contributed by atoms with E-state index in [1.165, 1.54) is 0 Å². The van der Waals surface area contributed by atoms with Crippen molar-refractivity contribution in [1.82, 2.24) is 5.32 Å². The van der Waals surface area contributed by atoms with E-state index in [9.17, 15) is 9.59 Å². The second-order valence-electron chi connectivity index (χ2n) is 3.49. The summed E-state index contributed by atoms with van der Waals surface area (Å²) in [5, 5.41) is 2.56. The molecule has 0 spiro atoms. The molecule has 1 N–H and O–H groups in total. The summed E-state index contributed by atoms with van der Waals surface area (Å²) < 4.78 is 4.79. The first-order valence-corrected chi connectivity index (χ1v) is 5.76. The lowest BCUT2D eigenvalue weighted by molar-refractivity contribution is -0.144. The van der Waals surface area contributed by atoms with Gasteiger partial charge in [-0.2, -0.15) is 0 Å². The molecule has 0 aliphatic carbocycles. The zero-order valence-electron chi connectivity index (χ0n) is 9.77. The van der Waals surface area contributed by atoms with Crippen LogP contribution in [0, 0.1) is 0 Å². The van der Waals surface area contributed by atoms with Crippen LogP contribution < -0.4 is 5.32 Å². The van der Waals surface area contributed by atoms with Gasteiger partial charge in [-0.3, -0.25) is 4.79 Å². The minimum atomic E-state index is -0.655. The molecule has 1 rings (SSSR count). The lowest BCUT2D eigenvalue weighted by atomic mass is 10.2. The van der Waals surface area contributed by atoms with Crippen molar-refractivity contribution in [3.63, 3.8) is 0 Å². The fourth-order valence-electron chi connectivity index (χ4n) is 1.22. The topological polar surface area (TPSA) is 55.4 Å². The van der Waals surface area contributed by atoms with Crippen molar-refractivity contribution < 1.29 is 14.3 Å². The second kappa shape index (κ2) is 6.30. The van der Waals surface area contributed by atoms with E-state index in [0.29, 0.717) is 12.2 Å². The van der Waals surface area contributed by atoms with E-state index < -0.39 is 12.0 Å². The quantitative estimate of drug-likeness (QED) is 0.634. The molecule has 0 aromatic heterocycles. The minimum Gasteiger partial charge on any atom is -0.464 e. The van der Waals surface area contributed by atoms with Gasteiger partial charge in [0.1, 0.15) is 6.04 Å². The number of rotatable bonds is 4. The van der Waals surface area contributed by atoms with Gasteiger partial charge >= 0.3 is 5.97 Å². The molecule has 0 aliphatic heterocycles. The highest BCUT2D eigenvalue weighted by Gasteiger charge is 2.17.